The summed E-state index contributed by atoms with van der Waals surface area (Å²) in [6.45, 7) is -0.399. The number of rotatable bonds is 5. The van der Waals surface area contributed by atoms with E-state index < -0.39 is 40.4 Å². The predicted molar refractivity (Wildman–Crippen MR) is 71.7 cm³/mol. The zero-order valence-electron chi connectivity index (χ0n) is 11.7. The van der Waals surface area contributed by atoms with E-state index in [4.69, 9.17) is 4.74 Å². The van der Waals surface area contributed by atoms with Gasteiger partial charge in [0.15, 0.2) is 0 Å². The average molecular weight is 331 g/mol. The molecule has 0 bridgehead atoms. The minimum atomic E-state index is -3.95. The van der Waals surface area contributed by atoms with Crippen LogP contribution >= 0.6 is 0 Å². The van der Waals surface area contributed by atoms with Crippen molar-refractivity contribution >= 4 is 22.0 Å². The van der Waals surface area contributed by atoms with Crippen molar-refractivity contribution in [1.29, 1.82) is 0 Å². The van der Waals surface area contributed by atoms with Gasteiger partial charge in [-0.05, 0) is 24.3 Å². The van der Waals surface area contributed by atoms with Crippen LogP contribution in [0.1, 0.15) is 6.42 Å². The Hall–Kier alpha value is -2.00. The number of carbonyl (C=O) groups is 2. The Morgan fingerprint density at radius 2 is 2.05 bits per heavy atom. The average Bonchev–Trinajstić information content (AvgIpc) is 2.84. The number of ether oxygens (including phenoxy) is 2. The lowest BCUT2D eigenvalue weighted by molar-refractivity contribution is -0.160. The summed E-state index contributed by atoms with van der Waals surface area (Å²) < 4.78 is 47.5. The zero-order valence-corrected chi connectivity index (χ0v) is 12.5. The fourth-order valence-corrected chi connectivity index (χ4v) is 2.95. The molecule has 1 aromatic carbocycles. The second-order valence-electron chi connectivity index (χ2n) is 4.65. The highest BCUT2D eigenvalue weighted by molar-refractivity contribution is 7.89. The Kier molecular flexibility index (Phi) is 4.77. The van der Waals surface area contributed by atoms with E-state index in [1.807, 2.05) is 0 Å². The molecular weight excluding hydrogens is 317 g/mol. The molecule has 2 rings (SSSR count). The molecule has 7 nitrogen and oxygen atoms in total. The van der Waals surface area contributed by atoms with E-state index in [1.165, 1.54) is 7.05 Å². The first-order valence-electron chi connectivity index (χ1n) is 6.39. The number of hydrogen-bond acceptors (Lipinski definition) is 6. The van der Waals surface area contributed by atoms with Crippen molar-refractivity contribution in [3.63, 3.8) is 0 Å². The summed E-state index contributed by atoms with van der Waals surface area (Å²) >= 11 is 0. The first kappa shape index (κ1) is 16.4. The van der Waals surface area contributed by atoms with Crippen molar-refractivity contribution in [2.75, 3.05) is 20.2 Å². The van der Waals surface area contributed by atoms with E-state index in [2.05, 4.69) is 4.74 Å². The maximum Gasteiger partial charge on any atom is 0.347 e. The van der Waals surface area contributed by atoms with E-state index in [0.29, 0.717) is 0 Å². The Morgan fingerprint density at radius 1 is 1.41 bits per heavy atom. The molecule has 0 aromatic heterocycles. The lowest BCUT2D eigenvalue weighted by Crippen LogP contribution is -2.35. The molecule has 1 heterocycles. The molecule has 1 fully saturated rings. The largest absolute Gasteiger partial charge is 0.463 e. The van der Waals surface area contributed by atoms with Gasteiger partial charge in [0.1, 0.15) is 12.4 Å². The lowest BCUT2D eigenvalue weighted by atomic mass is 10.3. The number of likely N-dealkylation sites (N-methyl/N-ethyl adjacent to an activating group) is 1. The van der Waals surface area contributed by atoms with E-state index >= 15 is 0 Å². The molecule has 0 unspecified atom stereocenters. The Bertz CT molecular complexity index is 672. The highest BCUT2D eigenvalue weighted by atomic mass is 32.2. The van der Waals surface area contributed by atoms with Crippen molar-refractivity contribution in [2.45, 2.75) is 17.4 Å². The van der Waals surface area contributed by atoms with Crippen molar-refractivity contribution in [2.24, 2.45) is 0 Å². The maximum atomic E-state index is 12.8. The van der Waals surface area contributed by atoms with Gasteiger partial charge in [0.25, 0.3) is 0 Å². The fourth-order valence-electron chi connectivity index (χ4n) is 1.83. The zero-order chi connectivity index (χ0) is 16.3. The van der Waals surface area contributed by atoms with Crippen molar-refractivity contribution in [3.05, 3.63) is 30.1 Å². The van der Waals surface area contributed by atoms with Gasteiger partial charge in [0, 0.05) is 13.5 Å². The van der Waals surface area contributed by atoms with Crippen LogP contribution in [0.5, 0.6) is 0 Å². The standard InChI is InChI=1S/C13H14FNO6S/c1-15(8-12(16)21-11-6-7-20-13(11)17)22(18,19)10-4-2-9(14)3-5-10/h2-5,11H,6-8H2,1H3/t11-/m0/s1. The molecule has 0 amide bonds. The number of esters is 2. The van der Waals surface area contributed by atoms with Crippen LogP contribution in [0.15, 0.2) is 29.2 Å². The minimum absolute atomic E-state index is 0.149. The van der Waals surface area contributed by atoms with Crippen molar-refractivity contribution in [3.8, 4) is 0 Å². The molecule has 1 aromatic rings. The Labute approximate surface area is 126 Å². The Morgan fingerprint density at radius 3 is 2.59 bits per heavy atom. The summed E-state index contributed by atoms with van der Waals surface area (Å²) in [5.74, 6) is -2.07. The molecule has 9 heteroatoms. The number of cyclic esters (lactones) is 1. The molecule has 0 N–H and O–H groups in total. The SMILES string of the molecule is CN(CC(=O)O[C@H]1CCOC1=O)S(=O)(=O)c1ccc(F)cc1. The third-order valence-electron chi connectivity index (χ3n) is 3.03. The smallest absolute Gasteiger partial charge is 0.347 e. The van der Waals surface area contributed by atoms with Crippen molar-refractivity contribution < 1.29 is 31.9 Å². The molecule has 1 atom stereocenters. The molecule has 120 valence electrons. The summed E-state index contributed by atoms with van der Waals surface area (Å²) in [6.07, 6.45) is -0.742. The number of sulfonamides is 1. The van der Waals surface area contributed by atoms with Crippen LogP contribution in [0.3, 0.4) is 0 Å². The number of halogens is 1. The fraction of sp³-hybridized carbons (Fsp3) is 0.385. The maximum absolute atomic E-state index is 12.8. The van der Waals surface area contributed by atoms with Gasteiger partial charge in [-0.15, -0.1) is 0 Å². The van der Waals surface area contributed by atoms with Crippen LogP contribution < -0.4 is 0 Å². The van der Waals surface area contributed by atoms with Gasteiger partial charge in [-0.1, -0.05) is 0 Å². The van der Waals surface area contributed by atoms with Crippen LogP contribution in [0.2, 0.25) is 0 Å². The van der Waals surface area contributed by atoms with Gasteiger partial charge in [-0.3, -0.25) is 4.79 Å². The van der Waals surface area contributed by atoms with Crippen LogP contribution in [-0.2, 0) is 29.1 Å². The molecule has 0 spiro atoms. The van der Waals surface area contributed by atoms with Gasteiger partial charge >= 0.3 is 11.9 Å². The second-order valence-corrected chi connectivity index (χ2v) is 6.69. The lowest BCUT2D eigenvalue weighted by Gasteiger charge is -2.17. The van der Waals surface area contributed by atoms with Crippen LogP contribution in [-0.4, -0.2) is 51.0 Å². The van der Waals surface area contributed by atoms with Crippen LogP contribution in [0.25, 0.3) is 0 Å². The highest BCUT2D eigenvalue weighted by Crippen LogP contribution is 2.15. The Balaban J connectivity index is 2.01. The van der Waals surface area contributed by atoms with Gasteiger partial charge in [0.2, 0.25) is 16.1 Å². The molecule has 1 saturated heterocycles. The second kappa shape index (κ2) is 6.41. The van der Waals surface area contributed by atoms with Gasteiger partial charge in [0.05, 0.1) is 11.5 Å². The predicted octanol–water partition coefficient (Wildman–Crippen LogP) is 0.305. The van der Waals surface area contributed by atoms with Crippen LogP contribution in [0, 0.1) is 5.82 Å². The third kappa shape index (κ3) is 3.60. The van der Waals surface area contributed by atoms with E-state index in [1.54, 1.807) is 0 Å². The van der Waals surface area contributed by atoms with Crippen molar-refractivity contribution in [1.82, 2.24) is 4.31 Å². The van der Waals surface area contributed by atoms with Gasteiger partial charge in [-0.2, -0.15) is 4.31 Å². The number of carbonyl (C=O) groups excluding carboxylic acids is 2. The first-order valence-corrected chi connectivity index (χ1v) is 7.83. The topological polar surface area (TPSA) is 90.0 Å². The van der Waals surface area contributed by atoms with E-state index in [-0.39, 0.29) is 17.9 Å². The molecule has 0 radical (unpaired) electrons. The molecule has 0 saturated carbocycles. The molecule has 0 aliphatic carbocycles. The summed E-state index contributed by atoms with van der Waals surface area (Å²) in [4.78, 5) is 22.7. The molecule has 1 aliphatic heterocycles. The summed E-state index contributed by atoms with van der Waals surface area (Å²) in [6, 6.07) is 4.21. The first-order chi connectivity index (χ1) is 10.3. The minimum Gasteiger partial charge on any atom is -0.463 e. The van der Waals surface area contributed by atoms with E-state index in [0.717, 1.165) is 28.6 Å². The van der Waals surface area contributed by atoms with Crippen LogP contribution in [0.4, 0.5) is 4.39 Å². The van der Waals surface area contributed by atoms with Gasteiger partial charge in [-0.25, -0.2) is 17.6 Å². The summed E-state index contributed by atoms with van der Waals surface area (Å²) in [7, 11) is -2.76. The number of nitrogens with zero attached hydrogens (tertiary/aromatic N) is 1. The molecular formula is C13H14FNO6S. The monoisotopic (exact) mass is 331 g/mol. The molecule has 1 aliphatic rings. The van der Waals surface area contributed by atoms with Gasteiger partial charge < -0.3 is 9.47 Å². The molecule has 22 heavy (non-hydrogen) atoms. The highest BCUT2D eigenvalue weighted by Gasteiger charge is 2.31. The van der Waals surface area contributed by atoms with E-state index in [9.17, 15) is 22.4 Å². The quantitative estimate of drug-likeness (QED) is 0.721. The number of benzene rings is 1. The summed E-state index contributed by atoms with van der Waals surface area (Å²) in [5, 5.41) is 0. The number of hydrogen-bond donors (Lipinski definition) is 0. The summed E-state index contributed by atoms with van der Waals surface area (Å²) in [5.41, 5.74) is 0. The normalized spacial score (nSPS) is 18.3. The third-order valence-corrected chi connectivity index (χ3v) is 4.85.